The van der Waals surface area contributed by atoms with Crippen LogP contribution in [0.4, 0.5) is 0 Å². The fraction of sp³-hybridized carbons (Fsp3) is 0.200. The van der Waals surface area contributed by atoms with Gasteiger partial charge >= 0.3 is 0 Å². The standard InChI is InChI=1S/C15H11ClN2S/c16-13-12-5-6-19-15(12)18-14(17-13)11-7-9-3-1-2-4-10(9)8-11/h1-6,11H,7-8H2. The molecule has 0 aliphatic heterocycles. The summed E-state index contributed by atoms with van der Waals surface area (Å²) in [5.41, 5.74) is 2.83. The molecule has 19 heavy (non-hydrogen) atoms. The van der Waals surface area contributed by atoms with Gasteiger partial charge in [0.1, 0.15) is 15.8 Å². The minimum absolute atomic E-state index is 0.362. The quantitative estimate of drug-likeness (QED) is 0.626. The first kappa shape index (κ1) is 11.4. The topological polar surface area (TPSA) is 25.8 Å². The van der Waals surface area contributed by atoms with Crippen molar-refractivity contribution < 1.29 is 0 Å². The first-order valence-corrected chi connectivity index (χ1v) is 7.54. The third kappa shape index (κ3) is 1.85. The predicted octanol–water partition coefficient (Wildman–Crippen LogP) is 4.23. The fourth-order valence-electron chi connectivity index (χ4n) is 2.76. The van der Waals surface area contributed by atoms with E-state index in [4.69, 9.17) is 11.6 Å². The fourth-order valence-corrected chi connectivity index (χ4v) is 3.82. The Bertz CT molecular complexity index is 741. The van der Waals surface area contributed by atoms with Crippen LogP contribution in [-0.2, 0) is 12.8 Å². The van der Waals surface area contributed by atoms with Crippen LogP contribution in [0.15, 0.2) is 35.7 Å². The van der Waals surface area contributed by atoms with E-state index in [-0.39, 0.29) is 0 Å². The van der Waals surface area contributed by atoms with Gasteiger partial charge in [-0.15, -0.1) is 11.3 Å². The van der Waals surface area contributed by atoms with Crippen molar-refractivity contribution in [1.29, 1.82) is 0 Å². The number of fused-ring (bicyclic) bond motifs is 2. The number of halogens is 1. The molecule has 0 fully saturated rings. The van der Waals surface area contributed by atoms with Crippen LogP contribution in [0, 0.1) is 0 Å². The van der Waals surface area contributed by atoms with Crippen LogP contribution in [0.1, 0.15) is 22.9 Å². The minimum Gasteiger partial charge on any atom is -0.222 e. The van der Waals surface area contributed by atoms with E-state index in [1.807, 2.05) is 11.4 Å². The summed E-state index contributed by atoms with van der Waals surface area (Å²) in [7, 11) is 0. The summed E-state index contributed by atoms with van der Waals surface area (Å²) in [4.78, 5) is 10.2. The maximum absolute atomic E-state index is 6.25. The first-order valence-electron chi connectivity index (χ1n) is 6.28. The molecule has 0 bridgehead atoms. The van der Waals surface area contributed by atoms with E-state index in [0.29, 0.717) is 11.1 Å². The van der Waals surface area contributed by atoms with E-state index in [9.17, 15) is 0 Å². The highest BCUT2D eigenvalue weighted by Gasteiger charge is 2.25. The smallest absolute Gasteiger partial charge is 0.141 e. The van der Waals surface area contributed by atoms with Crippen molar-refractivity contribution >= 4 is 33.2 Å². The molecule has 94 valence electrons. The molecule has 2 nitrogen and oxygen atoms in total. The van der Waals surface area contributed by atoms with Gasteiger partial charge in [0.25, 0.3) is 0 Å². The summed E-state index contributed by atoms with van der Waals surface area (Å²) in [6.45, 7) is 0. The lowest BCUT2D eigenvalue weighted by molar-refractivity contribution is 0.688. The van der Waals surface area contributed by atoms with Crippen LogP contribution in [0.5, 0.6) is 0 Å². The van der Waals surface area contributed by atoms with Gasteiger partial charge in [-0.3, -0.25) is 0 Å². The van der Waals surface area contributed by atoms with Crippen molar-refractivity contribution in [3.8, 4) is 0 Å². The minimum atomic E-state index is 0.362. The Labute approximate surface area is 120 Å². The van der Waals surface area contributed by atoms with Crippen LogP contribution in [0.2, 0.25) is 5.15 Å². The number of rotatable bonds is 1. The molecule has 3 aromatic rings. The average Bonchev–Trinajstić information content (AvgIpc) is 3.04. The predicted molar refractivity (Wildman–Crippen MR) is 79.0 cm³/mol. The molecule has 0 saturated heterocycles. The van der Waals surface area contributed by atoms with E-state index < -0.39 is 0 Å². The Balaban J connectivity index is 1.76. The summed E-state index contributed by atoms with van der Waals surface area (Å²) < 4.78 is 0. The van der Waals surface area contributed by atoms with Gasteiger partial charge < -0.3 is 0 Å². The maximum atomic E-state index is 6.25. The number of benzene rings is 1. The molecule has 0 atom stereocenters. The van der Waals surface area contributed by atoms with Gasteiger partial charge in [0, 0.05) is 11.3 Å². The van der Waals surface area contributed by atoms with Gasteiger partial charge in [-0.05, 0) is 35.4 Å². The monoisotopic (exact) mass is 286 g/mol. The second-order valence-corrected chi connectivity index (χ2v) is 6.14. The van der Waals surface area contributed by atoms with Crippen LogP contribution in [0.3, 0.4) is 0 Å². The molecule has 2 heterocycles. The van der Waals surface area contributed by atoms with Gasteiger partial charge in [0.2, 0.25) is 0 Å². The molecule has 1 aliphatic rings. The Morgan fingerprint density at radius 3 is 2.53 bits per heavy atom. The number of aromatic nitrogens is 2. The van der Waals surface area contributed by atoms with Crippen molar-refractivity contribution in [3.05, 3.63) is 57.8 Å². The number of hydrogen-bond acceptors (Lipinski definition) is 3. The zero-order valence-electron chi connectivity index (χ0n) is 10.1. The summed E-state index contributed by atoms with van der Waals surface area (Å²) in [5.74, 6) is 1.25. The number of hydrogen-bond donors (Lipinski definition) is 0. The van der Waals surface area contributed by atoms with Crippen molar-refractivity contribution in [3.63, 3.8) is 0 Å². The summed E-state index contributed by atoms with van der Waals surface area (Å²) in [6, 6.07) is 10.6. The van der Waals surface area contributed by atoms with Crippen LogP contribution in [0.25, 0.3) is 10.2 Å². The second kappa shape index (κ2) is 4.29. The molecule has 1 aromatic carbocycles. The molecule has 4 rings (SSSR count). The Morgan fingerprint density at radius 2 is 1.79 bits per heavy atom. The van der Waals surface area contributed by atoms with Crippen molar-refractivity contribution in [2.24, 2.45) is 0 Å². The van der Waals surface area contributed by atoms with Crippen molar-refractivity contribution in [2.45, 2.75) is 18.8 Å². The van der Waals surface area contributed by atoms with Crippen molar-refractivity contribution in [2.75, 3.05) is 0 Å². The molecule has 0 radical (unpaired) electrons. The highest BCUT2D eigenvalue weighted by molar-refractivity contribution is 7.16. The van der Waals surface area contributed by atoms with Gasteiger partial charge in [-0.1, -0.05) is 35.9 Å². The number of nitrogens with zero attached hydrogens (tertiary/aromatic N) is 2. The van der Waals surface area contributed by atoms with Crippen molar-refractivity contribution in [1.82, 2.24) is 9.97 Å². The Hall–Kier alpha value is -1.45. The third-order valence-electron chi connectivity index (χ3n) is 3.71. The van der Waals surface area contributed by atoms with Gasteiger partial charge in [0.15, 0.2) is 0 Å². The molecule has 1 aliphatic carbocycles. The average molecular weight is 287 g/mol. The summed E-state index contributed by atoms with van der Waals surface area (Å²) >= 11 is 7.87. The third-order valence-corrected chi connectivity index (χ3v) is 4.81. The molecular formula is C15H11ClN2S. The largest absolute Gasteiger partial charge is 0.222 e. The normalized spacial score (nSPS) is 15.0. The lowest BCUT2D eigenvalue weighted by Crippen LogP contribution is -2.04. The summed E-state index contributed by atoms with van der Waals surface area (Å²) in [5, 5.41) is 3.56. The molecule has 0 amide bonds. The molecule has 0 spiro atoms. The number of thiophene rings is 1. The van der Waals surface area contributed by atoms with E-state index in [2.05, 4.69) is 34.2 Å². The lowest BCUT2D eigenvalue weighted by Gasteiger charge is -2.08. The van der Waals surface area contributed by atoms with Crippen LogP contribution < -0.4 is 0 Å². The molecule has 4 heteroatoms. The van der Waals surface area contributed by atoms with Gasteiger partial charge in [-0.25, -0.2) is 9.97 Å². The van der Waals surface area contributed by atoms with E-state index in [1.165, 1.54) is 11.1 Å². The van der Waals surface area contributed by atoms with Gasteiger partial charge in [-0.2, -0.15) is 0 Å². The van der Waals surface area contributed by atoms with Crippen LogP contribution >= 0.6 is 22.9 Å². The SMILES string of the molecule is Clc1nc(C2Cc3ccccc3C2)nc2sccc12. The zero-order chi connectivity index (χ0) is 12.8. The van der Waals surface area contributed by atoms with Gasteiger partial charge in [0.05, 0.1) is 0 Å². The van der Waals surface area contributed by atoms with Crippen LogP contribution in [-0.4, -0.2) is 9.97 Å². The zero-order valence-corrected chi connectivity index (χ0v) is 11.7. The Kier molecular flexibility index (Phi) is 2.57. The molecule has 2 aromatic heterocycles. The summed E-state index contributed by atoms with van der Waals surface area (Å²) in [6.07, 6.45) is 2.03. The maximum Gasteiger partial charge on any atom is 0.141 e. The highest BCUT2D eigenvalue weighted by Crippen LogP contribution is 2.34. The highest BCUT2D eigenvalue weighted by atomic mass is 35.5. The first-order chi connectivity index (χ1) is 9.31. The lowest BCUT2D eigenvalue weighted by atomic mass is 10.1. The van der Waals surface area contributed by atoms with E-state index >= 15 is 0 Å². The molecule has 0 unspecified atom stereocenters. The molecular weight excluding hydrogens is 276 g/mol. The Morgan fingerprint density at radius 1 is 1.05 bits per heavy atom. The molecule has 0 N–H and O–H groups in total. The van der Waals surface area contributed by atoms with E-state index in [1.54, 1.807) is 11.3 Å². The molecule has 0 saturated carbocycles. The second-order valence-electron chi connectivity index (χ2n) is 4.89. The van der Waals surface area contributed by atoms with E-state index in [0.717, 1.165) is 28.9 Å².